The third-order valence-corrected chi connectivity index (χ3v) is 3.47. The highest BCUT2D eigenvalue weighted by atomic mass is 16.3. The first-order valence-corrected chi connectivity index (χ1v) is 6.36. The van der Waals surface area contributed by atoms with Gasteiger partial charge < -0.3 is 16.2 Å². The Morgan fingerprint density at radius 3 is 2.68 bits per heavy atom. The number of anilines is 2. The normalized spacial score (nSPS) is 14.2. The topological polar surface area (TPSA) is 78.6 Å². The molecular formula is C14H23N3O2. The van der Waals surface area contributed by atoms with Gasteiger partial charge in [0.1, 0.15) is 0 Å². The lowest BCUT2D eigenvalue weighted by Gasteiger charge is -2.28. The van der Waals surface area contributed by atoms with Gasteiger partial charge in [-0.3, -0.25) is 9.69 Å². The first-order chi connectivity index (χ1) is 8.86. The average Bonchev–Trinajstić information content (AvgIpc) is 2.40. The molecule has 0 aliphatic carbocycles. The zero-order valence-corrected chi connectivity index (χ0v) is 12.0. The molecule has 0 aliphatic rings. The summed E-state index contributed by atoms with van der Waals surface area (Å²) in [4.78, 5) is 14.0. The van der Waals surface area contributed by atoms with Crippen LogP contribution in [0.4, 0.5) is 11.4 Å². The molecule has 0 saturated heterocycles. The smallest absolute Gasteiger partial charge is 0.241 e. The quantitative estimate of drug-likeness (QED) is 0.699. The Morgan fingerprint density at radius 2 is 2.11 bits per heavy atom. The largest absolute Gasteiger partial charge is 0.399 e. The molecule has 0 saturated carbocycles. The zero-order chi connectivity index (χ0) is 14.6. The summed E-state index contributed by atoms with van der Waals surface area (Å²) in [5, 5.41) is 12.0. The van der Waals surface area contributed by atoms with Gasteiger partial charge >= 0.3 is 0 Å². The van der Waals surface area contributed by atoms with Crippen molar-refractivity contribution in [2.45, 2.75) is 32.9 Å². The lowest BCUT2D eigenvalue weighted by Crippen LogP contribution is -2.45. The molecule has 106 valence electrons. The first-order valence-electron chi connectivity index (χ1n) is 6.36. The van der Waals surface area contributed by atoms with E-state index in [-0.39, 0.29) is 24.6 Å². The fourth-order valence-corrected chi connectivity index (χ4v) is 1.71. The minimum atomic E-state index is -0.331. The van der Waals surface area contributed by atoms with E-state index in [2.05, 4.69) is 5.32 Å². The number of amides is 1. The van der Waals surface area contributed by atoms with Crippen molar-refractivity contribution in [3.05, 3.63) is 23.8 Å². The second kappa shape index (κ2) is 6.54. The fourth-order valence-electron chi connectivity index (χ4n) is 1.71. The molecule has 0 bridgehead atoms. The Bertz CT molecular complexity index is 448. The van der Waals surface area contributed by atoms with Crippen molar-refractivity contribution in [1.82, 2.24) is 4.90 Å². The molecule has 0 aromatic heterocycles. The number of hydrogen-bond donors (Lipinski definition) is 3. The van der Waals surface area contributed by atoms with Gasteiger partial charge in [0.2, 0.25) is 5.91 Å². The zero-order valence-electron chi connectivity index (χ0n) is 12.0. The molecule has 1 aromatic carbocycles. The van der Waals surface area contributed by atoms with Crippen LogP contribution in [0.25, 0.3) is 0 Å². The van der Waals surface area contributed by atoms with Crippen LogP contribution in [0.1, 0.15) is 19.4 Å². The molecule has 1 aromatic rings. The van der Waals surface area contributed by atoms with E-state index in [4.69, 9.17) is 10.8 Å². The number of carbonyl (C=O) groups is 1. The van der Waals surface area contributed by atoms with Crippen molar-refractivity contribution in [3.63, 3.8) is 0 Å². The van der Waals surface area contributed by atoms with E-state index in [9.17, 15) is 4.79 Å². The Balaban J connectivity index is 2.76. The van der Waals surface area contributed by atoms with E-state index in [0.717, 1.165) is 11.3 Å². The molecule has 5 nitrogen and oxygen atoms in total. The summed E-state index contributed by atoms with van der Waals surface area (Å²) in [6, 6.07) is 5.02. The predicted molar refractivity (Wildman–Crippen MR) is 78.0 cm³/mol. The first kappa shape index (κ1) is 15.5. The van der Waals surface area contributed by atoms with E-state index >= 15 is 0 Å². The van der Waals surface area contributed by atoms with Crippen LogP contribution in [0.2, 0.25) is 0 Å². The van der Waals surface area contributed by atoms with Crippen molar-refractivity contribution >= 4 is 17.3 Å². The number of nitrogens with two attached hydrogens (primary N) is 1. The van der Waals surface area contributed by atoms with Crippen molar-refractivity contribution in [1.29, 1.82) is 0 Å². The fraction of sp³-hybridized carbons (Fsp3) is 0.500. The summed E-state index contributed by atoms with van der Waals surface area (Å²) >= 11 is 0. The van der Waals surface area contributed by atoms with Gasteiger partial charge in [0.05, 0.1) is 12.6 Å². The van der Waals surface area contributed by atoms with Crippen molar-refractivity contribution < 1.29 is 9.90 Å². The van der Waals surface area contributed by atoms with Crippen LogP contribution in [0.3, 0.4) is 0 Å². The van der Waals surface area contributed by atoms with E-state index in [1.54, 1.807) is 12.1 Å². The van der Waals surface area contributed by atoms with Gasteiger partial charge in [-0.1, -0.05) is 6.07 Å². The van der Waals surface area contributed by atoms with E-state index in [1.807, 2.05) is 38.8 Å². The van der Waals surface area contributed by atoms with Gasteiger partial charge in [-0.15, -0.1) is 0 Å². The van der Waals surface area contributed by atoms with Gasteiger partial charge in [-0.05, 0) is 45.5 Å². The molecule has 0 aliphatic heterocycles. The van der Waals surface area contributed by atoms with Crippen LogP contribution in [0, 0.1) is 6.92 Å². The second-order valence-corrected chi connectivity index (χ2v) is 4.94. The number of aryl methyl sites for hydroxylation is 1. The SMILES string of the molecule is Cc1ccc(N)cc1NC(=O)C(C)N(C)C(C)CO. The summed E-state index contributed by atoms with van der Waals surface area (Å²) in [5.41, 5.74) is 8.02. The Labute approximate surface area is 114 Å². The Hall–Kier alpha value is -1.59. The number of benzene rings is 1. The van der Waals surface area contributed by atoms with Crippen molar-refractivity contribution in [2.75, 3.05) is 24.7 Å². The molecule has 2 atom stereocenters. The maximum atomic E-state index is 12.2. The number of hydrogen-bond acceptors (Lipinski definition) is 4. The molecule has 1 amide bonds. The summed E-state index contributed by atoms with van der Waals surface area (Å²) < 4.78 is 0. The molecule has 5 heteroatoms. The average molecular weight is 265 g/mol. The van der Waals surface area contributed by atoms with Crippen LogP contribution in [-0.4, -0.2) is 41.7 Å². The third kappa shape index (κ3) is 3.94. The Kier molecular flexibility index (Phi) is 5.32. The van der Waals surface area contributed by atoms with Gasteiger partial charge in [-0.2, -0.15) is 0 Å². The molecule has 0 spiro atoms. The molecule has 2 unspecified atom stereocenters. The van der Waals surface area contributed by atoms with Gasteiger partial charge in [-0.25, -0.2) is 0 Å². The molecule has 1 rings (SSSR count). The van der Waals surface area contributed by atoms with E-state index < -0.39 is 0 Å². The standard InChI is InChI=1S/C14H23N3O2/c1-9-5-6-12(15)7-13(9)16-14(19)11(3)17(4)10(2)8-18/h5-7,10-11,18H,8,15H2,1-4H3,(H,16,19). The minimum Gasteiger partial charge on any atom is -0.399 e. The predicted octanol–water partition coefficient (Wildman–Crippen LogP) is 1.22. The number of nitrogen functional groups attached to an aromatic ring is 1. The molecule has 4 N–H and O–H groups in total. The summed E-state index contributed by atoms with van der Waals surface area (Å²) in [7, 11) is 1.82. The minimum absolute atomic E-state index is 0.0193. The molecule has 0 fully saturated rings. The highest BCUT2D eigenvalue weighted by molar-refractivity contribution is 5.95. The third-order valence-electron chi connectivity index (χ3n) is 3.47. The van der Waals surface area contributed by atoms with Crippen LogP contribution in [0.5, 0.6) is 0 Å². The van der Waals surface area contributed by atoms with Crippen LogP contribution in [0.15, 0.2) is 18.2 Å². The number of nitrogens with zero attached hydrogens (tertiary/aromatic N) is 1. The summed E-state index contributed by atoms with van der Waals surface area (Å²) in [6.45, 7) is 5.61. The molecular weight excluding hydrogens is 242 g/mol. The number of aliphatic hydroxyl groups excluding tert-OH is 1. The van der Waals surface area contributed by atoms with Crippen LogP contribution < -0.4 is 11.1 Å². The van der Waals surface area contributed by atoms with E-state index in [1.165, 1.54) is 0 Å². The van der Waals surface area contributed by atoms with Crippen molar-refractivity contribution in [2.24, 2.45) is 0 Å². The number of carbonyl (C=O) groups excluding carboxylic acids is 1. The van der Waals surface area contributed by atoms with Gasteiger partial charge in [0, 0.05) is 17.4 Å². The molecule has 0 heterocycles. The lowest BCUT2D eigenvalue weighted by molar-refractivity contribution is -0.121. The maximum Gasteiger partial charge on any atom is 0.241 e. The maximum absolute atomic E-state index is 12.2. The highest BCUT2D eigenvalue weighted by Gasteiger charge is 2.22. The van der Waals surface area contributed by atoms with E-state index in [0.29, 0.717) is 5.69 Å². The summed E-state index contributed by atoms with van der Waals surface area (Å²) in [5.74, 6) is -0.114. The number of nitrogens with one attached hydrogen (secondary N) is 1. The van der Waals surface area contributed by atoms with Crippen LogP contribution in [-0.2, 0) is 4.79 Å². The molecule has 0 radical (unpaired) electrons. The second-order valence-electron chi connectivity index (χ2n) is 4.94. The number of likely N-dealkylation sites (N-methyl/N-ethyl adjacent to an activating group) is 1. The Morgan fingerprint density at radius 1 is 1.47 bits per heavy atom. The highest BCUT2D eigenvalue weighted by Crippen LogP contribution is 2.18. The van der Waals surface area contributed by atoms with Gasteiger partial charge in [0.25, 0.3) is 0 Å². The monoisotopic (exact) mass is 265 g/mol. The molecule has 19 heavy (non-hydrogen) atoms. The lowest BCUT2D eigenvalue weighted by atomic mass is 10.1. The number of rotatable bonds is 5. The van der Waals surface area contributed by atoms with Gasteiger partial charge in [0.15, 0.2) is 0 Å². The van der Waals surface area contributed by atoms with Crippen molar-refractivity contribution in [3.8, 4) is 0 Å². The van der Waals surface area contributed by atoms with Crippen LogP contribution >= 0.6 is 0 Å². The summed E-state index contributed by atoms with van der Waals surface area (Å²) in [6.07, 6.45) is 0. The number of aliphatic hydroxyl groups is 1.